The topological polar surface area (TPSA) is 55.1 Å². The highest BCUT2D eigenvalue weighted by atomic mass is 16.5. The molecule has 1 atom stereocenters. The lowest BCUT2D eigenvalue weighted by atomic mass is 10.1. The molecule has 0 radical (unpaired) electrons. The Balaban J connectivity index is 2.36. The molecule has 19 heavy (non-hydrogen) atoms. The van der Waals surface area contributed by atoms with Crippen LogP contribution in [0.3, 0.4) is 0 Å². The van der Waals surface area contributed by atoms with Crippen molar-refractivity contribution < 1.29 is 9.32 Å². The fourth-order valence-electron chi connectivity index (χ4n) is 1.83. The molecule has 1 N–H and O–H groups in total. The Bertz CT molecular complexity index is 561. The van der Waals surface area contributed by atoms with Crippen molar-refractivity contribution in [2.24, 2.45) is 0 Å². The second kappa shape index (κ2) is 5.69. The predicted molar refractivity (Wildman–Crippen MR) is 73.9 cm³/mol. The summed E-state index contributed by atoms with van der Waals surface area (Å²) in [6.07, 6.45) is 0.886. The van der Waals surface area contributed by atoms with Gasteiger partial charge in [0.25, 0.3) is 5.91 Å². The van der Waals surface area contributed by atoms with Crippen molar-refractivity contribution in [2.75, 3.05) is 0 Å². The number of aryl methyl sites for hydroxylation is 1. The number of carbonyl (C=O) groups is 1. The van der Waals surface area contributed by atoms with Gasteiger partial charge in [0, 0.05) is 11.6 Å². The molecule has 4 heteroatoms. The number of rotatable bonds is 4. The van der Waals surface area contributed by atoms with Gasteiger partial charge in [-0.1, -0.05) is 42.4 Å². The summed E-state index contributed by atoms with van der Waals surface area (Å²) in [5, 5.41) is 6.95. The highest BCUT2D eigenvalue weighted by Crippen LogP contribution is 2.24. The molecule has 1 amide bonds. The highest BCUT2D eigenvalue weighted by molar-refractivity contribution is 6.00. The number of benzene rings is 1. The van der Waals surface area contributed by atoms with Gasteiger partial charge in [-0.25, -0.2) is 0 Å². The van der Waals surface area contributed by atoms with Crippen molar-refractivity contribution in [1.82, 2.24) is 10.5 Å². The molecular formula is C15H18N2O2. The number of carbonyl (C=O) groups excluding carboxylic acids is 1. The number of hydrogen-bond donors (Lipinski definition) is 1. The summed E-state index contributed by atoms with van der Waals surface area (Å²) in [6.45, 7) is 5.76. The van der Waals surface area contributed by atoms with Gasteiger partial charge in [0.1, 0.15) is 17.0 Å². The molecule has 1 aromatic heterocycles. The monoisotopic (exact) mass is 258 g/mol. The third-order valence-corrected chi connectivity index (χ3v) is 3.13. The minimum Gasteiger partial charge on any atom is -0.360 e. The summed E-state index contributed by atoms with van der Waals surface area (Å²) < 4.78 is 5.18. The van der Waals surface area contributed by atoms with Crippen LogP contribution in [0.25, 0.3) is 11.3 Å². The lowest BCUT2D eigenvalue weighted by Crippen LogP contribution is -2.32. The van der Waals surface area contributed by atoms with Crippen LogP contribution in [0.15, 0.2) is 34.9 Å². The number of nitrogens with one attached hydrogen (secondary N) is 1. The molecule has 1 heterocycles. The van der Waals surface area contributed by atoms with Crippen LogP contribution in [0.5, 0.6) is 0 Å². The van der Waals surface area contributed by atoms with Crippen LogP contribution in [0.2, 0.25) is 0 Å². The Hall–Kier alpha value is -2.10. The second-order valence-electron chi connectivity index (χ2n) is 4.61. The van der Waals surface area contributed by atoms with Gasteiger partial charge in [-0.2, -0.15) is 0 Å². The van der Waals surface area contributed by atoms with Crippen molar-refractivity contribution >= 4 is 5.91 Å². The van der Waals surface area contributed by atoms with Crippen LogP contribution in [0.4, 0.5) is 0 Å². The Labute approximate surface area is 112 Å². The molecule has 0 aliphatic heterocycles. The molecule has 4 nitrogen and oxygen atoms in total. The average molecular weight is 258 g/mol. The minimum atomic E-state index is -0.132. The van der Waals surface area contributed by atoms with E-state index in [1.165, 1.54) is 0 Å². The van der Waals surface area contributed by atoms with E-state index in [2.05, 4.69) is 10.5 Å². The molecule has 0 bridgehead atoms. The summed E-state index contributed by atoms with van der Waals surface area (Å²) in [7, 11) is 0. The van der Waals surface area contributed by atoms with E-state index in [0.29, 0.717) is 17.0 Å². The maximum atomic E-state index is 12.3. The molecule has 2 rings (SSSR count). The first-order valence-electron chi connectivity index (χ1n) is 6.46. The molecule has 0 saturated heterocycles. The molecule has 100 valence electrons. The van der Waals surface area contributed by atoms with Gasteiger partial charge in [-0.05, 0) is 20.3 Å². The minimum absolute atomic E-state index is 0.130. The molecule has 0 spiro atoms. The molecule has 0 aliphatic rings. The van der Waals surface area contributed by atoms with Gasteiger partial charge in [-0.3, -0.25) is 4.79 Å². The van der Waals surface area contributed by atoms with Gasteiger partial charge < -0.3 is 9.84 Å². The number of hydrogen-bond acceptors (Lipinski definition) is 3. The second-order valence-corrected chi connectivity index (χ2v) is 4.61. The zero-order chi connectivity index (χ0) is 13.8. The van der Waals surface area contributed by atoms with Crippen molar-refractivity contribution in [3.8, 4) is 11.3 Å². The van der Waals surface area contributed by atoms with E-state index >= 15 is 0 Å². The summed E-state index contributed by atoms with van der Waals surface area (Å²) in [6, 6.07) is 9.71. The van der Waals surface area contributed by atoms with Gasteiger partial charge in [0.05, 0.1) is 0 Å². The maximum Gasteiger partial charge on any atom is 0.257 e. The lowest BCUT2D eigenvalue weighted by molar-refractivity contribution is 0.0938. The van der Waals surface area contributed by atoms with Crippen LogP contribution in [0, 0.1) is 6.92 Å². The first-order valence-corrected chi connectivity index (χ1v) is 6.46. The lowest BCUT2D eigenvalue weighted by Gasteiger charge is -2.11. The van der Waals surface area contributed by atoms with Crippen LogP contribution in [0.1, 0.15) is 36.4 Å². The van der Waals surface area contributed by atoms with Crippen molar-refractivity contribution in [1.29, 1.82) is 0 Å². The molecule has 1 aromatic carbocycles. The van der Waals surface area contributed by atoms with E-state index in [1.54, 1.807) is 6.92 Å². The number of nitrogens with zero attached hydrogens (tertiary/aromatic N) is 1. The van der Waals surface area contributed by atoms with Crippen LogP contribution in [-0.2, 0) is 0 Å². The Morgan fingerprint density at radius 3 is 2.68 bits per heavy atom. The van der Waals surface area contributed by atoms with E-state index in [9.17, 15) is 4.79 Å². The van der Waals surface area contributed by atoms with E-state index in [0.717, 1.165) is 12.0 Å². The van der Waals surface area contributed by atoms with Gasteiger partial charge in [0.2, 0.25) is 0 Å². The molecule has 0 unspecified atom stereocenters. The molecule has 2 aromatic rings. The van der Waals surface area contributed by atoms with Gasteiger partial charge in [-0.15, -0.1) is 0 Å². The Morgan fingerprint density at radius 1 is 1.37 bits per heavy atom. The number of amides is 1. The summed E-state index contributed by atoms with van der Waals surface area (Å²) in [4.78, 5) is 12.3. The van der Waals surface area contributed by atoms with Crippen LogP contribution < -0.4 is 5.32 Å². The van der Waals surface area contributed by atoms with Crippen molar-refractivity contribution in [3.63, 3.8) is 0 Å². The largest absolute Gasteiger partial charge is 0.360 e. The van der Waals surface area contributed by atoms with Gasteiger partial charge >= 0.3 is 0 Å². The van der Waals surface area contributed by atoms with Crippen LogP contribution >= 0.6 is 0 Å². The molecule has 0 aliphatic carbocycles. The summed E-state index contributed by atoms with van der Waals surface area (Å²) in [5.74, 6) is 0.409. The smallest absolute Gasteiger partial charge is 0.257 e. The molecule has 0 saturated carbocycles. The van der Waals surface area contributed by atoms with E-state index in [4.69, 9.17) is 4.52 Å². The van der Waals surface area contributed by atoms with Crippen molar-refractivity contribution in [2.45, 2.75) is 33.2 Å². The van der Waals surface area contributed by atoms with E-state index in [1.807, 2.05) is 44.2 Å². The molecule has 0 fully saturated rings. The third-order valence-electron chi connectivity index (χ3n) is 3.13. The first-order chi connectivity index (χ1) is 9.13. The zero-order valence-corrected chi connectivity index (χ0v) is 11.4. The van der Waals surface area contributed by atoms with E-state index < -0.39 is 0 Å². The maximum absolute atomic E-state index is 12.3. The van der Waals surface area contributed by atoms with Gasteiger partial charge in [0.15, 0.2) is 0 Å². The normalized spacial score (nSPS) is 12.2. The zero-order valence-electron chi connectivity index (χ0n) is 11.4. The fraction of sp³-hybridized carbons (Fsp3) is 0.333. The summed E-state index contributed by atoms with van der Waals surface area (Å²) >= 11 is 0. The highest BCUT2D eigenvalue weighted by Gasteiger charge is 2.22. The molecular weight excluding hydrogens is 240 g/mol. The van der Waals surface area contributed by atoms with Crippen molar-refractivity contribution in [3.05, 3.63) is 41.7 Å². The standard InChI is InChI=1S/C15H18N2O2/c1-4-10(2)16-15(18)13-11(3)19-17-14(13)12-8-6-5-7-9-12/h5-10H,4H2,1-3H3,(H,16,18)/t10-/m1/s1. The Morgan fingerprint density at radius 2 is 2.05 bits per heavy atom. The van der Waals surface area contributed by atoms with E-state index in [-0.39, 0.29) is 11.9 Å². The third kappa shape index (κ3) is 2.84. The predicted octanol–water partition coefficient (Wildman–Crippen LogP) is 3.18. The summed E-state index contributed by atoms with van der Waals surface area (Å²) in [5.41, 5.74) is 2.00. The first kappa shape index (κ1) is 13.3. The quantitative estimate of drug-likeness (QED) is 0.916. The number of aromatic nitrogens is 1. The Kier molecular flexibility index (Phi) is 4.00. The fourth-order valence-corrected chi connectivity index (χ4v) is 1.83. The SMILES string of the molecule is CC[C@@H](C)NC(=O)c1c(-c2ccccc2)noc1C. The average Bonchev–Trinajstić information content (AvgIpc) is 2.81. The van der Waals surface area contributed by atoms with Crippen LogP contribution in [-0.4, -0.2) is 17.1 Å².